The van der Waals surface area contributed by atoms with Crippen LogP contribution in [0.4, 0.5) is 0 Å². The Labute approximate surface area is 102 Å². The Kier molecular flexibility index (Phi) is 5.77. The molecule has 0 bridgehead atoms. The standard InChI is InChI=1S/C14H30N2/c1-5-6-11-16(4)12-10-15-13-8-7-9-14(13,2)3/h13,15H,5-12H2,1-4H3. The van der Waals surface area contributed by atoms with Crippen LogP contribution in [-0.4, -0.2) is 37.6 Å². The monoisotopic (exact) mass is 226 g/mol. The van der Waals surface area contributed by atoms with E-state index in [1.54, 1.807) is 0 Å². The number of unbranched alkanes of at least 4 members (excludes halogenated alkanes) is 1. The summed E-state index contributed by atoms with van der Waals surface area (Å²) >= 11 is 0. The molecule has 1 atom stereocenters. The molecule has 1 N–H and O–H groups in total. The molecule has 16 heavy (non-hydrogen) atoms. The lowest BCUT2D eigenvalue weighted by Gasteiger charge is -2.28. The Morgan fingerprint density at radius 3 is 2.62 bits per heavy atom. The Bertz CT molecular complexity index is 189. The molecule has 2 heteroatoms. The van der Waals surface area contributed by atoms with Gasteiger partial charge in [0.2, 0.25) is 0 Å². The van der Waals surface area contributed by atoms with Gasteiger partial charge in [-0.05, 0) is 38.3 Å². The molecular weight excluding hydrogens is 196 g/mol. The molecular formula is C14H30N2. The third kappa shape index (κ3) is 4.42. The van der Waals surface area contributed by atoms with E-state index >= 15 is 0 Å². The minimum atomic E-state index is 0.516. The van der Waals surface area contributed by atoms with Crippen molar-refractivity contribution in [3.63, 3.8) is 0 Å². The van der Waals surface area contributed by atoms with E-state index in [1.165, 1.54) is 45.2 Å². The average Bonchev–Trinajstić information content (AvgIpc) is 2.55. The zero-order valence-corrected chi connectivity index (χ0v) is 11.7. The third-order valence-corrected chi connectivity index (χ3v) is 4.03. The lowest BCUT2D eigenvalue weighted by atomic mass is 9.87. The topological polar surface area (TPSA) is 15.3 Å². The van der Waals surface area contributed by atoms with Gasteiger partial charge in [0.1, 0.15) is 0 Å². The highest BCUT2D eigenvalue weighted by molar-refractivity contribution is 4.90. The van der Waals surface area contributed by atoms with Crippen LogP contribution in [0.1, 0.15) is 52.9 Å². The largest absolute Gasteiger partial charge is 0.312 e. The van der Waals surface area contributed by atoms with Gasteiger partial charge in [-0.25, -0.2) is 0 Å². The number of nitrogens with zero attached hydrogens (tertiary/aromatic N) is 1. The normalized spacial score (nSPS) is 24.2. The van der Waals surface area contributed by atoms with Gasteiger partial charge in [0.15, 0.2) is 0 Å². The van der Waals surface area contributed by atoms with Gasteiger partial charge >= 0.3 is 0 Å². The van der Waals surface area contributed by atoms with E-state index in [1.807, 2.05) is 0 Å². The first kappa shape index (κ1) is 14.0. The van der Waals surface area contributed by atoms with Crippen LogP contribution in [0.15, 0.2) is 0 Å². The fraction of sp³-hybridized carbons (Fsp3) is 1.00. The molecule has 0 aliphatic heterocycles. The molecule has 2 nitrogen and oxygen atoms in total. The van der Waals surface area contributed by atoms with Gasteiger partial charge in [-0.3, -0.25) is 0 Å². The summed E-state index contributed by atoms with van der Waals surface area (Å²) < 4.78 is 0. The second kappa shape index (κ2) is 6.61. The molecule has 1 unspecified atom stereocenters. The van der Waals surface area contributed by atoms with E-state index < -0.39 is 0 Å². The van der Waals surface area contributed by atoms with Crippen molar-refractivity contribution in [3.8, 4) is 0 Å². The van der Waals surface area contributed by atoms with Crippen LogP contribution in [0.3, 0.4) is 0 Å². The Morgan fingerprint density at radius 2 is 2.06 bits per heavy atom. The number of likely N-dealkylation sites (N-methyl/N-ethyl adjacent to an activating group) is 1. The molecule has 0 amide bonds. The van der Waals surface area contributed by atoms with Crippen molar-refractivity contribution in [1.82, 2.24) is 10.2 Å². The molecule has 1 fully saturated rings. The average molecular weight is 226 g/mol. The SMILES string of the molecule is CCCCN(C)CCNC1CCCC1(C)C. The zero-order chi connectivity index (χ0) is 12.0. The van der Waals surface area contributed by atoms with Gasteiger partial charge < -0.3 is 10.2 Å². The van der Waals surface area contributed by atoms with Crippen LogP contribution in [-0.2, 0) is 0 Å². The van der Waals surface area contributed by atoms with Crippen molar-refractivity contribution >= 4 is 0 Å². The zero-order valence-electron chi connectivity index (χ0n) is 11.7. The van der Waals surface area contributed by atoms with Crippen molar-refractivity contribution in [2.45, 2.75) is 58.9 Å². The second-order valence-electron chi connectivity index (χ2n) is 6.04. The fourth-order valence-electron chi connectivity index (χ4n) is 2.67. The van der Waals surface area contributed by atoms with E-state index in [-0.39, 0.29) is 0 Å². The smallest absolute Gasteiger partial charge is 0.0119 e. The highest BCUT2D eigenvalue weighted by atomic mass is 15.1. The minimum Gasteiger partial charge on any atom is -0.312 e. The van der Waals surface area contributed by atoms with Crippen molar-refractivity contribution in [2.75, 3.05) is 26.7 Å². The van der Waals surface area contributed by atoms with Crippen LogP contribution in [0.5, 0.6) is 0 Å². The molecule has 0 aromatic rings. The van der Waals surface area contributed by atoms with Gasteiger partial charge in [-0.15, -0.1) is 0 Å². The van der Waals surface area contributed by atoms with E-state index in [2.05, 4.69) is 38.0 Å². The van der Waals surface area contributed by atoms with Gasteiger partial charge in [0.25, 0.3) is 0 Å². The van der Waals surface area contributed by atoms with Crippen LogP contribution in [0, 0.1) is 5.41 Å². The first-order valence-corrected chi connectivity index (χ1v) is 6.98. The molecule has 0 heterocycles. The van der Waals surface area contributed by atoms with Crippen LogP contribution < -0.4 is 5.32 Å². The molecule has 1 rings (SSSR count). The molecule has 96 valence electrons. The van der Waals surface area contributed by atoms with Gasteiger partial charge in [-0.1, -0.05) is 33.6 Å². The fourth-order valence-corrected chi connectivity index (χ4v) is 2.67. The lowest BCUT2D eigenvalue weighted by Crippen LogP contribution is -2.41. The summed E-state index contributed by atoms with van der Waals surface area (Å²) in [7, 11) is 2.23. The van der Waals surface area contributed by atoms with Crippen LogP contribution in [0.25, 0.3) is 0 Å². The molecule has 0 spiro atoms. The first-order chi connectivity index (χ1) is 7.56. The molecule has 0 saturated heterocycles. The summed E-state index contributed by atoms with van der Waals surface area (Å²) in [6.07, 6.45) is 6.78. The molecule has 0 radical (unpaired) electrons. The van der Waals surface area contributed by atoms with E-state index in [9.17, 15) is 0 Å². The molecule has 1 saturated carbocycles. The summed E-state index contributed by atoms with van der Waals surface area (Å²) in [5, 5.41) is 3.74. The summed E-state index contributed by atoms with van der Waals surface area (Å²) in [5.74, 6) is 0. The molecule has 1 aliphatic carbocycles. The predicted molar refractivity (Wildman–Crippen MR) is 71.8 cm³/mol. The van der Waals surface area contributed by atoms with E-state index in [4.69, 9.17) is 0 Å². The van der Waals surface area contributed by atoms with E-state index in [0.29, 0.717) is 5.41 Å². The lowest BCUT2D eigenvalue weighted by molar-refractivity contribution is 0.262. The molecule has 1 aliphatic rings. The predicted octanol–water partition coefficient (Wildman–Crippen LogP) is 2.89. The van der Waals surface area contributed by atoms with Crippen molar-refractivity contribution in [3.05, 3.63) is 0 Å². The Balaban J connectivity index is 2.11. The Morgan fingerprint density at radius 1 is 1.31 bits per heavy atom. The Hall–Kier alpha value is -0.0800. The van der Waals surface area contributed by atoms with Gasteiger partial charge in [0.05, 0.1) is 0 Å². The number of hydrogen-bond acceptors (Lipinski definition) is 2. The highest BCUT2D eigenvalue weighted by Crippen LogP contribution is 2.36. The maximum absolute atomic E-state index is 3.74. The summed E-state index contributed by atoms with van der Waals surface area (Å²) in [6.45, 7) is 10.6. The second-order valence-corrected chi connectivity index (χ2v) is 6.04. The summed E-state index contributed by atoms with van der Waals surface area (Å²) in [6, 6.07) is 0.743. The molecule has 0 aromatic carbocycles. The highest BCUT2D eigenvalue weighted by Gasteiger charge is 2.33. The van der Waals surface area contributed by atoms with Gasteiger partial charge in [0, 0.05) is 19.1 Å². The van der Waals surface area contributed by atoms with E-state index in [0.717, 1.165) is 12.6 Å². The summed E-state index contributed by atoms with van der Waals surface area (Å²) in [4.78, 5) is 2.44. The summed E-state index contributed by atoms with van der Waals surface area (Å²) in [5.41, 5.74) is 0.516. The van der Waals surface area contributed by atoms with Crippen molar-refractivity contribution < 1.29 is 0 Å². The first-order valence-electron chi connectivity index (χ1n) is 6.98. The quantitative estimate of drug-likeness (QED) is 0.718. The molecule has 0 aromatic heterocycles. The minimum absolute atomic E-state index is 0.516. The van der Waals surface area contributed by atoms with Crippen molar-refractivity contribution in [1.29, 1.82) is 0 Å². The number of rotatable bonds is 7. The van der Waals surface area contributed by atoms with Gasteiger partial charge in [-0.2, -0.15) is 0 Å². The maximum Gasteiger partial charge on any atom is 0.0119 e. The maximum atomic E-state index is 3.74. The third-order valence-electron chi connectivity index (χ3n) is 4.03. The van der Waals surface area contributed by atoms with Crippen LogP contribution >= 0.6 is 0 Å². The number of hydrogen-bond donors (Lipinski definition) is 1. The number of nitrogens with one attached hydrogen (secondary N) is 1. The van der Waals surface area contributed by atoms with Crippen molar-refractivity contribution in [2.24, 2.45) is 5.41 Å². The van der Waals surface area contributed by atoms with Crippen LogP contribution in [0.2, 0.25) is 0 Å².